The third kappa shape index (κ3) is 4.20. The maximum atomic E-state index is 12.0. The molecule has 4 heterocycles. The molecule has 9 atom stereocenters. The van der Waals surface area contributed by atoms with Gasteiger partial charge in [0, 0.05) is 18.4 Å². The van der Waals surface area contributed by atoms with Gasteiger partial charge in [0.15, 0.2) is 27.6 Å². The molecule has 6 rings (SSSR count). The second-order valence-corrected chi connectivity index (χ2v) is 11.8. The predicted octanol–water partition coefficient (Wildman–Crippen LogP) is 0.532. The van der Waals surface area contributed by atoms with Gasteiger partial charge in [0.25, 0.3) is 0 Å². The molecule has 40 heavy (non-hydrogen) atoms. The number of rotatable bonds is 6. The molecule has 0 spiro atoms. The highest BCUT2D eigenvalue weighted by Gasteiger charge is 2.64. The Morgan fingerprint density at radius 3 is 2.55 bits per heavy atom. The third-order valence-corrected chi connectivity index (χ3v) is 9.03. The zero-order valence-corrected chi connectivity index (χ0v) is 23.1. The first-order valence-corrected chi connectivity index (χ1v) is 13.6. The van der Waals surface area contributed by atoms with Crippen LogP contribution in [0.2, 0.25) is 10.3 Å². The number of anilines is 2. The van der Waals surface area contributed by atoms with Crippen LogP contribution in [0, 0.1) is 11.8 Å². The van der Waals surface area contributed by atoms with Crippen LogP contribution >= 0.6 is 23.2 Å². The average Bonchev–Trinajstić information content (AvgIpc) is 3.63. The fourth-order valence-corrected chi connectivity index (χ4v) is 6.92. The van der Waals surface area contributed by atoms with E-state index in [2.05, 4.69) is 30.2 Å². The van der Waals surface area contributed by atoms with Crippen LogP contribution in [-0.2, 0) is 9.47 Å². The molecule has 2 aliphatic carbocycles. The minimum atomic E-state index is -2.11. The molecule has 216 valence electrons. The van der Waals surface area contributed by atoms with E-state index in [4.69, 9.17) is 38.4 Å². The summed E-state index contributed by atoms with van der Waals surface area (Å²) in [4.78, 5) is 20.6. The Morgan fingerprint density at radius 1 is 1.10 bits per heavy atom. The van der Waals surface area contributed by atoms with Crippen LogP contribution in [-0.4, -0.2) is 98.4 Å². The molecule has 16 heteroatoms. The summed E-state index contributed by atoms with van der Waals surface area (Å²) in [5.41, 5.74) is 4.85. The van der Waals surface area contributed by atoms with Crippen molar-refractivity contribution >= 4 is 45.9 Å². The van der Waals surface area contributed by atoms with Crippen molar-refractivity contribution in [2.75, 3.05) is 17.7 Å². The van der Waals surface area contributed by atoms with E-state index in [1.54, 1.807) is 20.2 Å². The fourth-order valence-electron chi connectivity index (χ4n) is 6.61. The first-order valence-electron chi connectivity index (χ1n) is 12.9. The van der Waals surface area contributed by atoms with Gasteiger partial charge in [0.1, 0.15) is 41.7 Å². The zero-order chi connectivity index (χ0) is 28.6. The number of hydrogen-bond donors (Lipinski definition) is 6. The SMILES string of the molecule is CC1(C)O[C@@H]2[C@H](O1)[C@@H](C(O)[C@]1(O)[C@@H](CO)C[C@@H](Nc3ncnc(Cl)c3N)[C@@H]1O)C[C@H]2n1cnc2c(Cl)ncnc21. The number of halogens is 2. The number of nitrogens with zero attached hydrogens (tertiary/aromatic N) is 6. The van der Waals surface area contributed by atoms with Crippen LogP contribution < -0.4 is 11.1 Å². The van der Waals surface area contributed by atoms with E-state index in [0.29, 0.717) is 17.6 Å². The Labute approximate surface area is 238 Å². The van der Waals surface area contributed by atoms with Gasteiger partial charge in [0.2, 0.25) is 0 Å². The van der Waals surface area contributed by atoms with Gasteiger partial charge in [-0.25, -0.2) is 24.9 Å². The normalized spacial score (nSPS) is 35.8. The van der Waals surface area contributed by atoms with Crippen molar-refractivity contribution in [1.82, 2.24) is 29.5 Å². The standard InChI is InChI=1S/C24H30Cl2N8O6/c1-23(2)39-15-10(4-12(16(15)40-23)34-8-32-14-20(26)29-7-31-22(14)34)17(36)24(38)9(5-35)3-11(18(24)37)33-21-13(27)19(25)28-6-30-21/h6-12,15-18,35-38H,3-5,27H2,1-2H3,(H,28,30,33)/t9-,10+,11-,12-,15-,16+,17?,18+,24-/m1/s1. The van der Waals surface area contributed by atoms with Gasteiger partial charge in [-0.1, -0.05) is 23.2 Å². The topological polar surface area (TPSA) is 207 Å². The second kappa shape index (κ2) is 9.84. The summed E-state index contributed by atoms with van der Waals surface area (Å²) < 4.78 is 14.3. The Balaban J connectivity index is 1.32. The van der Waals surface area contributed by atoms with Crippen molar-refractivity contribution in [1.29, 1.82) is 0 Å². The molecule has 2 saturated carbocycles. The van der Waals surface area contributed by atoms with Gasteiger partial charge in [-0.3, -0.25) is 0 Å². The molecule has 1 saturated heterocycles. The van der Waals surface area contributed by atoms with Crippen LogP contribution in [0.5, 0.6) is 0 Å². The second-order valence-electron chi connectivity index (χ2n) is 11.1. The number of nitrogens with two attached hydrogens (primary N) is 1. The predicted molar refractivity (Wildman–Crippen MR) is 142 cm³/mol. The molecule has 1 aliphatic heterocycles. The number of nitrogens with one attached hydrogen (secondary N) is 1. The molecule has 0 amide bonds. The van der Waals surface area contributed by atoms with E-state index in [9.17, 15) is 20.4 Å². The number of hydrogen-bond acceptors (Lipinski definition) is 13. The maximum absolute atomic E-state index is 12.0. The molecule has 3 aromatic heterocycles. The van der Waals surface area contributed by atoms with Crippen LogP contribution in [0.25, 0.3) is 11.2 Å². The van der Waals surface area contributed by atoms with Crippen LogP contribution in [0.4, 0.5) is 11.5 Å². The molecular formula is C24H30Cl2N8O6. The smallest absolute Gasteiger partial charge is 0.165 e. The lowest BCUT2D eigenvalue weighted by atomic mass is 9.77. The van der Waals surface area contributed by atoms with Crippen molar-refractivity contribution in [2.24, 2.45) is 11.8 Å². The Kier molecular flexibility index (Phi) is 6.82. The zero-order valence-electron chi connectivity index (χ0n) is 21.6. The molecule has 0 bridgehead atoms. The third-order valence-electron chi connectivity index (χ3n) is 8.45. The Bertz CT molecular complexity index is 1430. The van der Waals surface area contributed by atoms with E-state index >= 15 is 0 Å². The molecule has 1 unspecified atom stereocenters. The van der Waals surface area contributed by atoms with Gasteiger partial charge >= 0.3 is 0 Å². The first kappa shape index (κ1) is 27.7. The lowest BCUT2D eigenvalue weighted by Gasteiger charge is -2.41. The van der Waals surface area contributed by atoms with E-state index in [0.717, 1.165) is 0 Å². The van der Waals surface area contributed by atoms with Crippen molar-refractivity contribution < 1.29 is 29.9 Å². The summed E-state index contributed by atoms with van der Waals surface area (Å²) in [6.45, 7) is 3.05. The largest absolute Gasteiger partial charge is 0.396 e. The summed E-state index contributed by atoms with van der Waals surface area (Å²) in [5, 5.41) is 48.6. The van der Waals surface area contributed by atoms with Crippen LogP contribution in [0.15, 0.2) is 19.0 Å². The molecule has 3 aromatic rings. The molecule has 0 aromatic carbocycles. The highest BCUT2D eigenvalue weighted by molar-refractivity contribution is 6.33. The number of nitrogen functional groups attached to an aromatic ring is 1. The van der Waals surface area contributed by atoms with E-state index in [-0.39, 0.29) is 28.2 Å². The fraction of sp³-hybridized carbons (Fsp3) is 0.625. The average molecular weight is 597 g/mol. The molecule has 3 fully saturated rings. The summed E-state index contributed by atoms with van der Waals surface area (Å²) in [5.74, 6) is -2.39. The van der Waals surface area contributed by atoms with Crippen molar-refractivity contribution in [3.63, 3.8) is 0 Å². The minimum Gasteiger partial charge on any atom is -0.396 e. The highest BCUT2D eigenvalue weighted by Crippen LogP contribution is 2.52. The quantitative estimate of drug-likeness (QED) is 0.215. The minimum absolute atomic E-state index is 0.0293. The molecule has 14 nitrogen and oxygen atoms in total. The number of aromatic nitrogens is 6. The number of imidazole rings is 1. The number of ether oxygens (including phenoxy) is 2. The highest BCUT2D eigenvalue weighted by atomic mass is 35.5. The lowest BCUT2D eigenvalue weighted by molar-refractivity contribution is -0.201. The van der Waals surface area contributed by atoms with Gasteiger partial charge in [-0.15, -0.1) is 0 Å². The van der Waals surface area contributed by atoms with Crippen molar-refractivity contribution in [3.8, 4) is 0 Å². The van der Waals surface area contributed by atoms with Crippen LogP contribution in [0.1, 0.15) is 32.7 Å². The van der Waals surface area contributed by atoms with Gasteiger partial charge in [0.05, 0.1) is 30.6 Å². The van der Waals surface area contributed by atoms with E-state index in [1.807, 2.05) is 4.57 Å². The van der Waals surface area contributed by atoms with Crippen molar-refractivity contribution in [3.05, 3.63) is 29.3 Å². The van der Waals surface area contributed by atoms with E-state index < -0.39 is 66.3 Å². The van der Waals surface area contributed by atoms with Gasteiger partial charge in [-0.05, 0) is 26.7 Å². The summed E-state index contributed by atoms with van der Waals surface area (Å²) >= 11 is 12.2. The number of fused-ring (bicyclic) bond motifs is 2. The molecule has 7 N–H and O–H groups in total. The lowest BCUT2D eigenvalue weighted by Crippen LogP contribution is -2.60. The van der Waals surface area contributed by atoms with Crippen molar-refractivity contribution in [2.45, 2.75) is 74.6 Å². The Hall–Kier alpha value is -2.43. The Morgan fingerprint density at radius 2 is 1.80 bits per heavy atom. The summed E-state index contributed by atoms with van der Waals surface area (Å²) in [6, 6.07) is -1.21. The molecule has 0 radical (unpaired) electrons. The van der Waals surface area contributed by atoms with Gasteiger partial charge < -0.3 is 45.5 Å². The number of aliphatic hydroxyl groups is 4. The summed E-state index contributed by atoms with van der Waals surface area (Å²) in [6.07, 6.45) is 0.330. The summed E-state index contributed by atoms with van der Waals surface area (Å²) in [7, 11) is 0. The molecular weight excluding hydrogens is 567 g/mol. The first-order chi connectivity index (χ1) is 19.0. The number of aliphatic hydroxyl groups excluding tert-OH is 3. The van der Waals surface area contributed by atoms with E-state index in [1.165, 1.54) is 12.7 Å². The molecule has 3 aliphatic rings. The van der Waals surface area contributed by atoms with Gasteiger partial charge in [-0.2, -0.15) is 0 Å². The van der Waals surface area contributed by atoms with Crippen LogP contribution in [0.3, 0.4) is 0 Å². The monoisotopic (exact) mass is 596 g/mol. The maximum Gasteiger partial charge on any atom is 0.165 e.